The zero-order chi connectivity index (χ0) is 26.1. The van der Waals surface area contributed by atoms with Crippen LogP contribution in [0.2, 0.25) is 0 Å². The Bertz CT molecular complexity index is 1180. The number of rotatable bonds is 3. The third-order valence-corrected chi connectivity index (χ3v) is 5.70. The fraction of sp³-hybridized carbons (Fsp3) is 0.450. The van der Waals surface area contributed by atoms with Crippen molar-refractivity contribution in [2.24, 2.45) is 5.92 Å². The maximum atomic E-state index is 13.5. The minimum atomic E-state index is -2.58. The number of nitrogens with one attached hydrogen (secondary N) is 1. The first-order chi connectivity index (χ1) is 16.0. The summed E-state index contributed by atoms with van der Waals surface area (Å²) in [5, 5.41) is 0.771. The van der Waals surface area contributed by atoms with E-state index in [9.17, 15) is 4.79 Å². The molecule has 0 fully saturated rings. The van der Waals surface area contributed by atoms with E-state index in [1.807, 2.05) is 0 Å². The fourth-order valence-corrected chi connectivity index (χ4v) is 4.36. The zero-order valence-corrected chi connectivity index (χ0v) is 15.0. The molecule has 0 bridgehead atoms. The monoisotopic (exact) mass is 411 g/mol. The second-order valence-corrected chi connectivity index (χ2v) is 7.15. The van der Waals surface area contributed by atoms with Crippen LogP contribution in [0.3, 0.4) is 0 Å². The van der Waals surface area contributed by atoms with Crippen LogP contribution in [0.4, 0.5) is 0 Å². The number of amides is 1. The van der Waals surface area contributed by atoms with E-state index >= 15 is 0 Å². The average Bonchev–Trinajstić information content (AvgIpc) is 3.03. The van der Waals surface area contributed by atoms with Gasteiger partial charge in [0.25, 0.3) is 0 Å². The number of H-pyrrole nitrogens is 1. The molecule has 1 N–H and O–H groups in total. The second kappa shape index (κ2) is 6.29. The first-order valence-electron chi connectivity index (χ1n) is 13.0. The number of hydrogen-bond acceptors (Lipinski definition) is 2. The van der Waals surface area contributed by atoms with Gasteiger partial charge in [0.15, 0.2) is 0 Å². The van der Waals surface area contributed by atoms with Gasteiger partial charge in [-0.1, -0.05) is 18.2 Å². The Morgan fingerprint density at radius 1 is 1.52 bits per heavy atom. The van der Waals surface area contributed by atoms with Crippen molar-refractivity contribution in [1.82, 2.24) is 14.8 Å². The molecule has 132 valence electrons. The molecular formula is C20H24BrN3O. The smallest absolute Gasteiger partial charge is 0.230 e. The van der Waals surface area contributed by atoms with Crippen molar-refractivity contribution < 1.29 is 18.5 Å². The summed E-state index contributed by atoms with van der Waals surface area (Å²) in [6.07, 6.45) is 1.97. The van der Waals surface area contributed by atoms with Crippen LogP contribution in [-0.2, 0) is 11.2 Å². The van der Waals surface area contributed by atoms with Crippen molar-refractivity contribution in [1.29, 1.82) is 0 Å². The van der Waals surface area contributed by atoms with Gasteiger partial charge < -0.3 is 9.88 Å². The largest absolute Gasteiger partial charge is 0.349 e. The summed E-state index contributed by atoms with van der Waals surface area (Å²) in [5.74, 6) is -1.80. The lowest BCUT2D eigenvalue weighted by atomic mass is 9.79. The highest BCUT2D eigenvalue weighted by Gasteiger charge is 2.37. The number of aromatic amines is 1. The normalized spacial score (nSPS) is 30.0. The Kier molecular flexibility index (Phi) is 2.23. The summed E-state index contributed by atoms with van der Waals surface area (Å²) in [6.45, 7) is -9.44. The Morgan fingerprint density at radius 3 is 3.12 bits per heavy atom. The Labute approximate surface area is 171 Å². The van der Waals surface area contributed by atoms with Crippen LogP contribution >= 0.6 is 15.9 Å². The maximum absolute atomic E-state index is 13.5. The Hall–Kier alpha value is -1.59. The van der Waals surface area contributed by atoms with E-state index in [1.165, 1.54) is 4.90 Å². The van der Waals surface area contributed by atoms with E-state index in [1.54, 1.807) is 18.2 Å². The zero-order valence-electron chi connectivity index (χ0n) is 23.4. The molecule has 25 heavy (non-hydrogen) atoms. The first kappa shape index (κ1) is 8.87. The molecule has 5 heteroatoms. The standard InChI is InChI=1S/C20H24BrN3O/c1-4-24(5-2)20(25)12-9-14-13-7-6-8-16-18(13)15(19(21)22-16)10-17(14)23(3)11-12/h6-9,12,17,22H,4-5,10-11H2,1-3H3/t12-,17-/m1/s1/i1D3,2D3,3D3,8D. The van der Waals surface area contributed by atoms with Gasteiger partial charge in [0.1, 0.15) is 0 Å². The van der Waals surface area contributed by atoms with E-state index in [0.29, 0.717) is 27.7 Å². The van der Waals surface area contributed by atoms with Crippen LogP contribution in [-0.4, -0.2) is 53.3 Å². The van der Waals surface area contributed by atoms with E-state index in [2.05, 4.69) is 20.9 Å². The van der Waals surface area contributed by atoms with Crippen LogP contribution in [0.5, 0.6) is 0 Å². The first-order valence-corrected chi connectivity index (χ1v) is 8.83. The summed E-state index contributed by atoms with van der Waals surface area (Å²) in [6, 6.07) is 3.01. The lowest BCUT2D eigenvalue weighted by molar-refractivity contribution is -0.134. The highest BCUT2D eigenvalue weighted by atomic mass is 79.9. The number of aromatic nitrogens is 1. The van der Waals surface area contributed by atoms with E-state index in [-0.39, 0.29) is 12.6 Å². The number of fused-ring (bicyclic) bond motifs is 2. The molecule has 0 spiro atoms. The van der Waals surface area contributed by atoms with Crippen molar-refractivity contribution in [3.8, 4) is 0 Å². The topological polar surface area (TPSA) is 39.3 Å². The van der Waals surface area contributed by atoms with Crippen molar-refractivity contribution in [3.05, 3.63) is 40.0 Å². The third-order valence-electron chi connectivity index (χ3n) is 5.03. The predicted molar refractivity (Wildman–Crippen MR) is 106 cm³/mol. The minimum absolute atomic E-state index is 0.209. The van der Waals surface area contributed by atoms with Gasteiger partial charge in [-0.3, -0.25) is 9.69 Å². The maximum Gasteiger partial charge on any atom is 0.230 e. The number of halogens is 1. The summed E-state index contributed by atoms with van der Waals surface area (Å²) in [7, 11) is 0. The number of benzene rings is 1. The molecule has 2 heterocycles. The van der Waals surface area contributed by atoms with Gasteiger partial charge >= 0.3 is 0 Å². The van der Waals surface area contributed by atoms with Gasteiger partial charge in [-0.05, 0) is 65.8 Å². The van der Waals surface area contributed by atoms with Crippen molar-refractivity contribution in [2.75, 3.05) is 26.6 Å². The molecule has 2 aliphatic rings. The number of nitrogens with zero attached hydrogens (tertiary/aromatic N) is 2. The molecule has 2 atom stereocenters. The summed E-state index contributed by atoms with van der Waals surface area (Å²) >= 11 is 3.48. The molecule has 1 aromatic carbocycles. The molecule has 1 aliphatic carbocycles. The van der Waals surface area contributed by atoms with Crippen molar-refractivity contribution in [2.45, 2.75) is 26.2 Å². The highest BCUT2D eigenvalue weighted by molar-refractivity contribution is 9.10. The number of carbonyl (C=O) groups is 1. The van der Waals surface area contributed by atoms with Gasteiger partial charge in [0.2, 0.25) is 5.91 Å². The second-order valence-electron chi connectivity index (χ2n) is 6.35. The molecule has 0 radical (unpaired) electrons. The molecule has 0 unspecified atom stereocenters. The summed E-state index contributed by atoms with van der Waals surface area (Å²) in [4.78, 5) is 18.7. The third kappa shape index (κ3) is 2.56. The highest BCUT2D eigenvalue weighted by Crippen LogP contribution is 2.43. The average molecular weight is 412 g/mol. The SMILES string of the molecule is [2H]c1ccc2c3c(c(Br)[nH]c13)C[C@@H]1C2=C[C@@H](C(=O)N(CC([2H])([2H])[2H])CC([2H])([2H])[2H])CN1C([2H])([2H])[2H]. The Balaban J connectivity index is 1.83. The van der Waals surface area contributed by atoms with Gasteiger partial charge in [-0.25, -0.2) is 0 Å². The molecular weight excluding hydrogens is 378 g/mol. The van der Waals surface area contributed by atoms with Crippen molar-refractivity contribution >= 4 is 38.3 Å². The summed E-state index contributed by atoms with van der Waals surface area (Å²) < 4.78 is 78.6. The van der Waals surface area contributed by atoms with E-state index in [4.69, 9.17) is 13.7 Å². The van der Waals surface area contributed by atoms with Crippen LogP contribution in [0.1, 0.15) is 38.5 Å². The van der Waals surface area contributed by atoms with Crippen LogP contribution < -0.4 is 0 Å². The van der Waals surface area contributed by atoms with Gasteiger partial charge in [-0.2, -0.15) is 0 Å². The molecule has 4 nitrogen and oxygen atoms in total. The fourth-order valence-electron chi connectivity index (χ4n) is 3.80. The number of hydrogen-bond donors (Lipinski definition) is 1. The molecule has 2 aromatic rings. The van der Waals surface area contributed by atoms with Crippen LogP contribution in [0, 0.1) is 5.92 Å². The van der Waals surface area contributed by atoms with Gasteiger partial charge in [0, 0.05) is 48.9 Å². The van der Waals surface area contributed by atoms with Gasteiger partial charge in [0.05, 0.1) is 11.9 Å². The van der Waals surface area contributed by atoms with E-state index < -0.39 is 51.6 Å². The number of likely N-dealkylation sites (N-methyl/N-ethyl adjacent to an activating group) is 1. The molecule has 1 aromatic heterocycles. The molecule has 0 saturated heterocycles. The van der Waals surface area contributed by atoms with Gasteiger partial charge in [-0.15, -0.1) is 0 Å². The molecule has 1 amide bonds. The lowest BCUT2D eigenvalue weighted by Crippen LogP contribution is -2.47. The van der Waals surface area contributed by atoms with Crippen LogP contribution in [0.15, 0.2) is 28.9 Å². The lowest BCUT2D eigenvalue weighted by Gasteiger charge is -2.40. The molecule has 4 rings (SSSR count). The summed E-state index contributed by atoms with van der Waals surface area (Å²) in [5.41, 5.74) is 2.72. The minimum Gasteiger partial charge on any atom is -0.349 e. The Morgan fingerprint density at radius 2 is 2.36 bits per heavy atom. The van der Waals surface area contributed by atoms with Crippen molar-refractivity contribution in [3.63, 3.8) is 0 Å². The predicted octanol–water partition coefficient (Wildman–Crippen LogP) is 3.67. The molecule has 0 saturated carbocycles. The quantitative estimate of drug-likeness (QED) is 0.836. The molecule has 1 aliphatic heterocycles. The van der Waals surface area contributed by atoms with E-state index in [0.717, 1.165) is 15.8 Å². The van der Waals surface area contributed by atoms with Crippen LogP contribution in [0.25, 0.3) is 16.5 Å². The number of carbonyl (C=O) groups excluding carboxylic acids is 1.